The molecule has 0 saturated heterocycles. The van der Waals surface area contributed by atoms with Gasteiger partial charge in [-0.25, -0.2) is 0 Å². The Balaban J connectivity index is 1.91. The van der Waals surface area contributed by atoms with Crippen LogP contribution in [0.25, 0.3) is 0 Å². The van der Waals surface area contributed by atoms with E-state index >= 15 is 0 Å². The van der Waals surface area contributed by atoms with Crippen LogP contribution in [0.5, 0.6) is 0 Å². The highest BCUT2D eigenvalue weighted by Crippen LogP contribution is 2.15. The summed E-state index contributed by atoms with van der Waals surface area (Å²) in [6.07, 6.45) is 13.7. The Morgan fingerprint density at radius 1 is 1.00 bits per heavy atom. The Labute approximate surface area is 86.6 Å². The average Bonchev–Trinajstić information content (AvgIpc) is 2.25. The van der Waals surface area contributed by atoms with Crippen molar-refractivity contribution in [3.8, 4) is 0 Å². The molecule has 0 aromatic rings. The van der Waals surface area contributed by atoms with E-state index in [1.165, 1.54) is 38.5 Å². The van der Waals surface area contributed by atoms with Crippen LogP contribution in [0.1, 0.15) is 51.9 Å². The molecule has 0 saturated carbocycles. The van der Waals surface area contributed by atoms with Gasteiger partial charge >= 0.3 is 0 Å². The third-order valence-electron chi connectivity index (χ3n) is 2.33. The molecule has 1 rings (SSSR count). The molecule has 0 bridgehead atoms. The number of unbranched alkanes of at least 4 members (excludes halogenated alkanes) is 5. The smallest absolute Gasteiger partial charge is 0.138 e. The molecule has 0 amide bonds. The summed E-state index contributed by atoms with van der Waals surface area (Å²) in [6, 6.07) is 0. The van der Waals surface area contributed by atoms with E-state index in [0.29, 0.717) is 0 Å². The van der Waals surface area contributed by atoms with Crippen LogP contribution in [0.15, 0.2) is 24.5 Å². The molecule has 0 aromatic carbocycles. The number of allylic oxidation sites excluding steroid dienone is 1. The molecule has 0 spiro atoms. The van der Waals surface area contributed by atoms with Gasteiger partial charge in [0, 0.05) is 6.42 Å². The summed E-state index contributed by atoms with van der Waals surface area (Å²) in [5.41, 5.74) is 0. The van der Waals surface area contributed by atoms with Gasteiger partial charge in [-0.15, -0.1) is 0 Å². The SMILES string of the molecule is CCCCCCCCC1=COC=CO1. The van der Waals surface area contributed by atoms with Crippen LogP contribution in [0.3, 0.4) is 0 Å². The van der Waals surface area contributed by atoms with E-state index in [9.17, 15) is 0 Å². The van der Waals surface area contributed by atoms with Gasteiger partial charge in [0.2, 0.25) is 0 Å². The van der Waals surface area contributed by atoms with Crippen LogP contribution < -0.4 is 0 Å². The van der Waals surface area contributed by atoms with E-state index in [1.54, 1.807) is 18.8 Å². The lowest BCUT2D eigenvalue weighted by Crippen LogP contribution is -1.92. The predicted molar refractivity (Wildman–Crippen MR) is 57.4 cm³/mol. The molecule has 80 valence electrons. The molecule has 0 radical (unpaired) electrons. The first kappa shape index (κ1) is 11.2. The highest BCUT2D eigenvalue weighted by atomic mass is 16.5. The van der Waals surface area contributed by atoms with E-state index in [1.807, 2.05) is 0 Å². The number of hydrogen-bond acceptors (Lipinski definition) is 2. The molecule has 0 aliphatic carbocycles. The molecule has 0 N–H and O–H groups in total. The fraction of sp³-hybridized carbons (Fsp3) is 0.667. The minimum absolute atomic E-state index is 0.947. The summed E-state index contributed by atoms with van der Waals surface area (Å²) in [7, 11) is 0. The first-order valence-electron chi connectivity index (χ1n) is 5.59. The number of ether oxygens (including phenoxy) is 2. The van der Waals surface area contributed by atoms with Gasteiger partial charge in [-0.05, 0) is 6.42 Å². The minimum atomic E-state index is 0.947. The standard InChI is InChI=1S/C12H20O2/c1-2-3-4-5-6-7-8-12-11-13-9-10-14-12/h9-11H,2-8H2,1H3. The Bertz CT molecular complexity index is 194. The molecule has 1 aliphatic heterocycles. The molecular weight excluding hydrogens is 176 g/mol. The van der Waals surface area contributed by atoms with Crippen molar-refractivity contribution in [1.82, 2.24) is 0 Å². The summed E-state index contributed by atoms with van der Waals surface area (Å²) in [5, 5.41) is 0. The highest BCUT2D eigenvalue weighted by molar-refractivity contribution is 4.94. The van der Waals surface area contributed by atoms with E-state index in [0.717, 1.165) is 12.2 Å². The first-order chi connectivity index (χ1) is 6.93. The molecule has 0 atom stereocenters. The maximum Gasteiger partial charge on any atom is 0.138 e. The van der Waals surface area contributed by atoms with Crippen LogP contribution in [0.4, 0.5) is 0 Å². The second-order valence-corrected chi connectivity index (χ2v) is 3.63. The van der Waals surface area contributed by atoms with E-state index < -0.39 is 0 Å². The van der Waals surface area contributed by atoms with Gasteiger partial charge in [-0.2, -0.15) is 0 Å². The minimum Gasteiger partial charge on any atom is -0.466 e. The van der Waals surface area contributed by atoms with Crippen LogP contribution in [0, 0.1) is 0 Å². The monoisotopic (exact) mass is 196 g/mol. The van der Waals surface area contributed by atoms with Crippen molar-refractivity contribution in [3.05, 3.63) is 24.5 Å². The van der Waals surface area contributed by atoms with Crippen molar-refractivity contribution in [2.75, 3.05) is 0 Å². The second kappa shape index (κ2) is 7.48. The maximum atomic E-state index is 5.26. The van der Waals surface area contributed by atoms with Gasteiger partial charge in [-0.1, -0.05) is 39.0 Å². The van der Waals surface area contributed by atoms with Gasteiger partial charge < -0.3 is 9.47 Å². The van der Waals surface area contributed by atoms with Gasteiger partial charge in [0.1, 0.15) is 24.5 Å². The molecule has 1 heterocycles. The molecule has 1 aliphatic rings. The Kier molecular flexibility index (Phi) is 5.96. The van der Waals surface area contributed by atoms with Crippen molar-refractivity contribution in [2.24, 2.45) is 0 Å². The highest BCUT2D eigenvalue weighted by Gasteiger charge is 2.00. The third-order valence-corrected chi connectivity index (χ3v) is 2.33. The zero-order chi connectivity index (χ0) is 10.1. The molecule has 2 nitrogen and oxygen atoms in total. The zero-order valence-corrected chi connectivity index (χ0v) is 9.00. The van der Waals surface area contributed by atoms with Crippen LogP contribution in [-0.4, -0.2) is 0 Å². The van der Waals surface area contributed by atoms with Crippen LogP contribution in [-0.2, 0) is 9.47 Å². The maximum absolute atomic E-state index is 5.26. The van der Waals surface area contributed by atoms with Crippen LogP contribution >= 0.6 is 0 Å². The van der Waals surface area contributed by atoms with Crippen molar-refractivity contribution < 1.29 is 9.47 Å². The van der Waals surface area contributed by atoms with E-state index in [2.05, 4.69) is 6.92 Å². The number of hydrogen-bond donors (Lipinski definition) is 0. The van der Waals surface area contributed by atoms with Crippen LogP contribution in [0.2, 0.25) is 0 Å². The Morgan fingerprint density at radius 2 is 1.79 bits per heavy atom. The van der Waals surface area contributed by atoms with Crippen molar-refractivity contribution in [3.63, 3.8) is 0 Å². The summed E-state index contributed by atoms with van der Waals surface area (Å²) in [6.45, 7) is 2.24. The third kappa shape index (κ3) is 4.95. The van der Waals surface area contributed by atoms with Crippen molar-refractivity contribution in [1.29, 1.82) is 0 Å². The Morgan fingerprint density at radius 3 is 2.50 bits per heavy atom. The van der Waals surface area contributed by atoms with Gasteiger partial charge in [0.15, 0.2) is 0 Å². The van der Waals surface area contributed by atoms with Crippen molar-refractivity contribution >= 4 is 0 Å². The summed E-state index contributed by atoms with van der Waals surface area (Å²) in [4.78, 5) is 0. The summed E-state index contributed by atoms with van der Waals surface area (Å²) >= 11 is 0. The lowest BCUT2D eigenvalue weighted by atomic mass is 10.1. The zero-order valence-electron chi connectivity index (χ0n) is 9.00. The van der Waals surface area contributed by atoms with E-state index in [4.69, 9.17) is 9.47 Å². The van der Waals surface area contributed by atoms with Gasteiger partial charge in [-0.3, -0.25) is 0 Å². The Hall–Kier alpha value is -0.920. The second-order valence-electron chi connectivity index (χ2n) is 3.63. The van der Waals surface area contributed by atoms with E-state index in [-0.39, 0.29) is 0 Å². The topological polar surface area (TPSA) is 18.5 Å². The molecule has 0 unspecified atom stereocenters. The molecule has 0 aromatic heterocycles. The first-order valence-corrected chi connectivity index (χ1v) is 5.59. The average molecular weight is 196 g/mol. The summed E-state index contributed by atoms with van der Waals surface area (Å²) in [5.74, 6) is 0.947. The molecular formula is C12H20O2. The largest absolute Gasteiger partial charge is 0.466 e. The lowest BCUT2D eigenvalue weighted by molar-refractivity contribution is 0.244. The van der Waals surface area contributed by atoms with Gasteiger partial charge in [0.05, 0.1) is 0 Å². The lowest BCUT2D eigenvalue weighted by Gasteiger charge is -2.09. The fourth-order valence-corrected chi connectivity index (χ4v) is 1.49. The normalized spacial score (nSPS) is 14.5. The van der Waals surface area contributed by atoms with Gasteiger partial charge in [0.25, 0.3) is 0 Å². The molecule has 14 heavy (non-hydrogen) atoms. The quantitative estimate of drug-likeness (QED) is 0.571. The summed E-state index contributed by atoms with van der Waals surface area (Å²) < 4.78 is 10.3. The molecule has 2 heteroatoms. The number of rotatable bonds is 7. The predicted octanol–water partition coefficient (Wildman–Crippen LogP) is 4.10. The fourth-order valence-electron chi connectivity index (χ4n) is 1.49. The molecule has 0 fully saturated rings. The van der Waals surface area contributed by atoms with Crippen molar-refractivity contribution in [2.45, 2.75) is 51.9 Å².